The van der Waals surface area contributed by atoms with Gasteiger partial charge >= 0.3 is 0 Å². The van der Waals surface area contributed by atoms with E-state index in [0.717, 1.165) is 11.0 Å². The average Bonchev–Trinajstić information content (AvgIpc) is 2.87. The van der Waals surface area contributed by atoms with Crippen molar-refractivity contribution in [2.45, 2.75) is 27.7 Å². The molecule has 1 heterocycles. The molecule has 0 fully saturated rings. The highest BCUT2D eigenvalue weighted by Crippen LogP contribution is 2.43. The van der Waals surface area contributed by atoms with Crippen LogP contribution in [0.1, 0.15) is 27.7 Å². The Morgan fingerprint density at radius 1 is 0.714 bits per heavy atom. The molecule has 1 aliphatic carbocycles. The Bertz CT molecular complexity index is 1420. The third-order valence-corrected chi connectivity index (χ3v) is 6.41. The minimum Gasteiger partial charge on any atom is -0.456 e. The lowest BCUT2D eigenvalue weighted by molar-refractivity contribution is 0.381. The zero-order valence-corrected chi connectivity index (χ0v) is 20.0. The first-order chi connectivity index (χ1) is 16.8. The monoisotopic (exact) mass is 489 g/mol. The van der Waals surface area contributed by atoms with Crippen molar-refractivity contribution in [2.24, 2.45) is 0 Å². The number of anilines is 1. The molecule has 3 nitrogen and oxygen atoms in total. The van der Waals surface area contributed by atoms with Gasteiger partial charge in [0.05, 0.1) is 11.6 Å². The third kappa shape index (κ3) is 4.05. The number of hydrogen-bond acceptors (Lipinski definition) is 2. The van der Waals surface area contributed by atoms with Gasteiger partial charge in [0, 0.05) is 47.4 Å². The third-order valence-electron chi connectivity index (χ3n) is 6.41. The molecular weight excluding hydrogens is 463 g/mol. The average molecular weight is 490 g/mol. The van der Waals surface area contributed by atoms with Crippen molar-refractivity contribution in [1.82, 2.24) is 4.58 Å². The van der Waals surface area contributed by atoms with Crippen LogP contribution in [0.3, 0.4) is 0 Å². The highest BCUT2D eigenvalue weighted by atomic mass is 19.2. The summed E-state index contributed by atoms with van der Waals surface area (Å²) in [7, 11) is 0. The Balaban J connectivity index is 2.20. The first-order valence-corrected chi connectivity index (χ1v) is 11.6. The van der Waals surface area contributed by atoms with Crippen LogP contribution in [-0.2, 0) is 0 Å². The van der Waals surface area contributed by atoms with E-state index in [-0.39, 0.29) is 27.9 Å². The molecule has 1 aliphatic heterocycles. The fourth-order valence-electron chi connectivity index (χ4n) is 4.53. The second kappa shape index (κ2) is 9.68. The van der Waals surface area contributed by atoms with E-state index in [4.69, 9.17) is 4.42 Å². The number of fused-ring (bicyclic) bond motifs is 2. The van der Waals surface area contributed by atoms with E-state index in [0.29, 0.717) is 26.2 Å². The summed E-state index contributed by atoms with van der Waals surface area (Å²) in [6, 6.07) is 10.1. The summed E-state index contributed by atoms with van der Waals surface area (Å²) in [5.74, 6) is -9.64. The molecule has 0 amide bonds. The van der Waals surface area contributed by atoms with E-state index in [9.17, 15) is 13.2 Å². The van der Waals surface area contributed by atoms with Crippen molar-refractivity contribution < 1.29 is 26.4 Å². The lowest BCUT2D eigenvalue weighted by Crippen LogP contribution is -2.29. The van der Waals surface area contributed by atoms with Gasteiger partial charge in [-0.05, 0) is 45.9 Å². The van der Waals surface area contributed by atoms with Gasteiger partial charge in [-0.1, -0.05) is 0 Å². The minimum atomic E-state index is -2.19. The fraction of sp³-hybridized carbons (Fsp3) is 0.296. The Hall–Kier alpha value is -3.42. The van der Waals surface area contributed by atoms with E-state index in [1.807, 2.05) is 27.7 Å². The number of nitrogens with zero attached hydrogens (tertiary/aromatic N) is 2. The molecule has 0 radical (unpaired) electrons. The number of rotatable bonds is 6. The summed E-state index contributed by atoms with van der Waals surface area (Å²) in [6.07, 6.45) is 0. The highest BCUT2D eigenvalue weighted by Gasteiger charge is 2.30. The Morgan fingerprint density at radius 2 is 1.31 bits per heavy atom. The topological polar surface area (TPSA) is 19.4 Å². The van der Waals surface area contributed by atoms with Crippen LogP contribution in [0.25, 0.3) is 33.4 Å². The molecule has 0 spiro atoms. The highest BCUT2D eigenvalue weighted by molar-refractivity contribution is 6.02. The number of hydrogen-bond donors (Lipinski definition) is 0. The van der Waals surface area contributed by atoms with Crippen molar-refractivity contribution in [3.8, 4) is 22.5 Å². The maximum atomic E-state index is 15.0. The van der Waals surface area contributed by atoms with E-state index >= 15 is 8.78 Å². The lowest BCUT2D eigenvalue weighted by Gasteiger charge is -2.22. The van der Waals surface area contributed by atoms with Crippen molar-refractivity contribution in [3.05, 3.63) is 70.8 Å². The van der Waals surface area contributed by atoms with Gasteiger partial charge in [-0.3, -0.25) is 0 Å². The Morgan fingerprint density at radius 3 is 1.89 bits per heavy atom. The zero-order chi connectivity index (χ0) is 25.4. The van der Waals surface area contributed by atoms with E-state index in [2.05, 4.69) is 9.48 Å². The maximum Gasteiger partial charge on any atom is 0.203 e. The van der Waals surface area contributed by atoms with E-state index < -0.39 is 34.6 Å². The van der Waals surface area contributed by atoms with Crippen molar-refractivity contribution in [3.63, 3.8) is 0 Å². The molecule has 0 aromatic heterocycles. The van der Waals surface area contributed by atoms with E-state index in [1.165, 1.54) is 0 Å². The summed E-state index contributed by atoms with van der Waals surface area (Å²) in [5.41, 5.74) is 0.253. The van der Waals surface area contributed by atoms with E-state index in [1.54, 1.807) is 36.4 Å². The van der Waals surface area contributed by atoms with Gasteiger partial charge in [0.2, 0.25) is 11.2 Å². The SMILES string of the molecule is CCN(CC)c1ccc2c(-c3c(F)c(F)c(F)c(F)c3F)c3ccc(=[N+](CC)CC)cc-3oc2c1. The molecule has 0 bridgehead atoms. The molecule has 0 N–H and O–H groups in total. The quantitative estimate of drug-likeness (QED) is 0.101. The van der Waals surface area contributed by atoms with Crippen LogP contribution in [-0.4, -0.2) is 26.2 Å². The Labute approximate surface area is 200 Å². The summed E-state index contributed by atoms with van der Waals surface area (Å²) < 4.78 is 80.5. The predicted molar refractivity (Wildman–Crippen MR) is 128 cm³/mol. The summed E-state index contributed by atoms with van der Waals surface area (Å²) >= 11 is 0. The molecule has 35 heavy (non-hydrogen) atoms. The van der Waals surface area contributed by atoms with Gasteiger partial charge in [0.1, 0.15) is 24.4 Å². The molecule has 0 saturated carbocycles. The van der Waals surface area contributed by atoms with Crippen molar-refractivity contribution >= 4 is 16.7 Å². The van der Waals surface area contributed by atoms with Crippen LogP contribution >= 0.6 is 0 Å². The standard InChI is InChI=1S/C27H26F5N2O/c1-5-33(6-2)15-9-11-17-19(13-15)35-20-14-16(34(7-3)8-4)10-12-18(20)21(17)22-23(28)25(30)27(32)26(31)24(22)29/h9-14H,5-8H2,1-4H3/q+1. The second-order valence-corrected chi connectivity index (χ2v) is 8.13. The molecule has 0 unspecified atom stereocenters. The molecule has 184 valence electrons. The van der Waals surface area contributed by atoms with Gasteiger partial charge in [-0.15, -0.1) is 0 Å². The first kappa shape index (κ1) is 24.7. The maximum absolute atomic E-state index is 15.0. The largest absolute Gasteiger partial charge is 0.456 e. The van der Waals surface area contributed by atoms with Crippen molar-refractivity contribution in [1.29, 1.82) is 0 Å². The number of halogens is 5. The van der Waals surface area contributed by atoms with Gasteiger partial charge in [-0.2, -0.15) is 0 Å². The van der Waals surface area contributed by atoms with Gasteiger partial charge in [0.15, 0.2) is 23.3 Å². The molecular formula is C27H26F5N2O+. The van der Waals surface area contributed by atoms with Gasteiger partial charge in [0.25, 0.3) is 0 Å². The summed E-state index contributed by atoms with van der Waals surface area (Å²) in [5, 5.41) is 1.06. The van der Waals surface area contributed by atoms with Crippen molar-refractivity contribution in [2.75, 3.05) is 31.1 Å². The molecule has 0 atom stereocenters. The van der Waals surface area contributed by atoms with Gasteiger partial charge < -0.3 is 9.32 Å². The Kier molecular flexibility index (Phi) is 6.83. The second-order valence-electron chi connectivity index (χ2n) is 8.13. The smallest absolute Gasteiger partial charge is 0.203 e. The first-order valence-electron chi connectivity index (χ1n) is 11.6. The van der Waals surface area contributed by atoms with Crippen LogP contribution in [0.15, 0.2) is 40.8 Å². The molecule has 8 heteroatoms. The van der Waals surface area contributed by atoms with Gasteiger partial charge in [-0.25, -0.2) is 26.5 Å². The molecule has 2 aromatic carbocycles. The summed E-state index contributed by atoms with van der Waals surface area (Å²) in [6.45, 7) is 10.8. The lowest BCUT2D eigenvalue weighted by atomic mass is 9.92. The molecule has 0 saturated heterocycles. The molecule has 2 aromatic rings. The molecule has 4 rings (SSSR count). The predicted octanol–water partition coefficient (Wildman–Crippen LogP) is 6.56. The zero-order valence-electron chi connectivity index (χ0n) is 20.0. The van der Waals surface area contributed by atoms with Crippen LogP contribution in [0.5, 0.6) is 0 Å². The fourth-order valence-corrected chi connectivity index (χ4v) is 4.53. The minimum absolute atomic E-state index is 0.105. The summed E-state index contributed by atoms with van der Waals surface area (Å²) in [4.78, 5) is 2.06. The van der Waals surface area contributed by atoms with Crippen LogP contribution in [0.4, 0.5) is 27.6 Å². The molecule has 2 aliphatic rings. The van der Waals surface area contributed by atoms with Crippen LogP contribution in [0.2, 0.25) is 0 Å². The number of benzene rings is 3. The normalized spacial score (nSPS) is 11.5. The van der Waals surface area contributed by atoms with Crippen LogP contribution in [0, 0.1) is 29.1 Å². The van der Waals surface area contributed by atoms with Crippen LogP contribution < -0.4 is 14.8 Å².